The van der Waals surface area contributed by atoms with Gasteiger partial charge < -0.3 is 0 Å². The molecule has 0 saturated carbocycles. The molecule has 3 heteroatoms. The van der Waals surface area contributed by atoms with Crippen LogP contribution in [-0.2, 0) is 6.54 Å². The molecule has 0 atom stereocenters. The molecule has 0 N–H and O–H groups in total. The molecule has 1 aromatic heterocycles. The SMILES string of the molecule is CC(C)Cn1nccc1Br. The van der Waals surface area contributed by atoms with Crippen LogP contribution in [0.1, 0.15) is 13.8 Å². The molecule has 0 aromatic carbocycles. The maximum atomic E-state index is 4.13. The van der Waals surface area contributed by atoms with Crippen LogP contribution < -0.4 is 0 Å². The van der Waals surface area contributed by atoms with Gasteiger partial charge in [-0.3, -0.25) is 4.68 Å². The maximum Gasteiger partial charge on any atom is 0.104 e. The summed E-state index contributed by atoms with van der Waals surface area (Å²) < 4.78 is 3.01. The normalized spacial score (nSPS) is 10.8. The van der Waals surface area contributed by atoms with Crippen molar-refractivity contribution in [3.63, 3.8) is 0 Å². The third-order valence-electron chi connectivity index (χ3n) is 1.20. The lowest BCUT2D eigenvalue weighted by atomic mass is 10.2. The minimum atomic E-state index is 0.649. The summed E-state index contributed by atoms with van der Waals surface area (Å²) in [6.07, 6.45) is 1.80. The molecule has 0 spiro atoms. The van der Waals surface area contributed by atoms with E-state index in [0.29, 0.717) is 5.92 Å². The van der Waals surface area contributed by atoms with Gasteiger partial charge in [0.1, 0.15) is 4.60 Å². The summed E-state index contributed by atoms with van der Waals surface area (Å²) in [6.45, 7) is 5.33. The van der Waals surface area contributed by atoms with Crippen LogP contribution in [0, 0.1) is 5.92 Å². The lowest BCUT2D eigenvalue weighted by Gasteiger charge is -2.04. The van der Waals surface area contributed by atoms with Gasteiger partial charge in [-0.15, -0.1) is 0 Å². The Morgan fingerprint density at radius 1 is 1.70 bits per heavy atom. The number of hydrogen-bond donors (Lipinski definition) is 0. The summed E-state index contributed by atoms with van der Waals surface area (Å²) in [7, 11) is 0. The summed E-state index contributed by atoms with van der Waals surface area (Å²) in [6, 6.07) is 1.95. The Kier molecular flexibility index (Phi) is 2.49. The van der Waals surface area contributed by atoms with E-state index in [4.69, 9.17) is 0 Å². The summed E-state index contributed by atoms with van der Waals surface area (Å²) in [5.74, 6) is 0.649. The molecule has 0 radical (unpaired) electrons. The number of hydrogen-bond acceptors (Lipinski definition) is 1. The van der Waals surface area contributed by atoms with E-state index in [2.05, 4.69) is 34.9 Å². The second-order valence-corrected chi connectivity index (χ2v) is 3.54. The average molecular weight is 203 g/mol. The Hall–Kier alpha value is -0.310. The van der Waals surface area contributed by atoms with Gasteiger partial charge in [0.15, 0.2) is 0 Å². The average Bonchev–Trinajstić information content (AvgIpc) is 2.15. The van der Waals surface area contributed by atoms with Crippen LogP contribution in [0.5, 0.6) is 0 Å². The minimum absolute atomic E-state index is 0.649. The summed E-state index contributed by atoms with van der Waals surface area (Å²) in [4.78, 5) is 0. The van der Waals surface area contributed by atoms with Crippen molar-refractivity contribution in [3.8, 4) is 0 Å². The molecule has 0 aliphatic heterocycles. The van der Waals surface area contributed by atoms with Gasteiger partial charge in [0, 0.05) is 6.54 Å². The van der Waals surface area contributed by atoms with Gasteiger partial charge in [0.2, 0.25) is 0 Å². The second kappa shape index (κ2) is 3.19. The second-order valence-electron chi connectivity index (χ2n) is 2.73. The van der Waals surface area contributed by atoms with Crippen molar-refractivity contribution in [2.75, 3.05) is 0 Å². The van der Waals surface area contributed by atoms with Crippen molar-refractivity contribution in [3.05, 3.63) is 16.9 Å². The molecule has 1 rings (SSSR count). The van der Waals surface area contributed by atoms with Crippen LogP contribution in [0.4, 0.5) is 0 Å². The Morgan fingerprint density at radius 3 is 2.80 bits per heavy atom. The third-order valence-corrected chi connectivity index (χ3v) is 1.88. The van der Waals surface area contributed by atoms with Crippen LogP contribution in [0.2, 0.25) is 0 Å². The highest BCUT2D eigenvalue weighted by atomic mass is 79.9. The van der Waals surface area contributed by atoms with E-state index in [0.717, 1.165) is 11.1 Å². The van der Waals surface area contributed by atoms with Gasteiger partial charge in [0.25, 0.3) is 0 Å². The van der Waals surface area contributed by atoms with Crippen LogP contribution in [-0.4, -0.2) is 9.78 Å². The van der Waals surface area contributed by atoms with Gasteiger partial charge >= 0.3 is 0 Å². The van der Waals surface area contributed by atoms with E-state index in [9.17, 15) is 0 Å². The first-order valence-corrected chi connectivity index (χ1v) is 4.16. The van der Waals surface area contributed by atoms with Crippen molar-refractivity contribution in [1.82, 2.24) is 9.78 Å². The van der Waals surface area contributed by atoms with E-state index < -0.39 is 0 Å². The highest BCUT2D eigenvalue weighted by Gasteiger charge is 1.99. The number of halogens is 1. The zero-order valence-corrected chi connectivity index (χ0v) is 7.80. The Bertz CT molecular complexity index is 205. The first-order chi connectivity index (χ1) is 4.70. The zero-order chi connectivity index (χ0) is 7.56. The van der Waals surface area contributed by atoms with Gasteiger partial charge in [-0.1, -0.05) is 13.8 Å². The molecule has 1 heterocycles. The predicted molar refractivity (Wildman–Crippen MR) is 44.8 cm³/mol. The van der Waals surface area contributed by atoms with Crippen molar-refractivity contribution >= 4 is 15.9 Å². The molecule has 1 aromatic rings. The quantitative estimate of drug-likeness (QED) is 0.721. The standard InChI is InChI=1S/C7H11BrN2/c1-6(2)5-10-7(8)3-4-9-10/h3-4,6H,5H2,1-2H3. The molecule has 10 heavy (non-hydrogen) atoms. The number of rotatable bonds is 2. The molecule has 0 saturated heterocycles. The first kappa shape index (κ1) is 7.79. The van der Waals surface area contributed by atoms with Gasteiger partial charge in [-0.05, 0) is 27.9 Å². The molecule has 0 unspecified atom stereocenters. The van der Waals surface area contributed by atoms with Crippen molar-refractivity contribution in [2.24, 2.45) is 5.92 Å². The van der Waals surface area contributed by atoms with Crippen molar-refractivity contribution in [1.29, 1.82) is 0 Å². The predicted octanol–water partition coefficient (Wildman–Crippen LogP) is 2.30. The van der Waals surface area contributed by atoms with Crippen LogP contribution >= 0.6 is 15.9 Å². The summed E-state index contributed by atoms with van der Waals surface area (Å²) in [5.41, 5.74) is 0. The molecule has 0 fully saturated rings. The lowest BCUT2D eigenvalue weighted by molar-refractivity contribution is 0.476. The molecule has 0 amide bonds. The lowest BCUT2D eigenvalue weighted by Crippen LogP contribution is -2.05. The first-order valence-electron chi connectivity index (χ1n) is 3.37. The van der Waals surface area contributed by atoms with Gasteiger partial charge in [-0.25, -0.2) is 0 Å². The van der Waals surface area contributed by atoms with Crippen LogP contribution in [0.25, 0.3) is 0 Å². The molecule has 56 valence electrons. The van der Waals surface area contributed by atoms with Gasteiger partial charge in [0.05, 0.1) is 6.20 Å². The van der Waals surface area contributed by atoms with E-state index in [1.54, 1.807) is 6.20 Å². The van der Waals surface area contributed by atoms with E-state index >= 15 is 0 Å². The molecule has 2 nitrogen and oxygen atoms in total. The Balaban J connectivity index is 2.65. The topological polar surface area (TPSA) is 17.8 Å². The van der Waals surface area contributed by atoms with E-state index in [1.165, 1.54) is 0 Å². The van der Waals surface area contributed by atoms with Crippen LogP contribution in [0.3, 0.4) is 0 Å². The monoisotopic (exact) mass is 202 g/mol. The van der Waals surface area contributed by atoms with Crippen LogP contribution in [0.15, 0.2) is 16.9 Å². The minimum Gasteiger partial charge on any atom is -0.258 e. The maximum absolute atomic E-state index is 4.13. The number of aromatic nitrogens is 2. The number of nitrogens with zero attached hydrogens (tertiary/aromatic N) is 2. The Morgan fingerprint density at radius 2 is 2.40 bits per heavy atom. The fourth-order valence-corrected chi connectivity index (χ4v) is 1.15. The highest BCUT2D eigenvalue weighted by Crippen LogP contribution is 2.09. The fraction of sp³-hybridized carbons (Fsp3) is 0.571. The van der Waals surface area contributed by atoms with Crippen molar-refractivity contribution in [2.45, 2.75) is 20.4 Å². The summed E-state index contributed by atoms with van der Waals surface area (Å²) >= 11 is 3.40. The molecule has 0 aliphatic rings. The molecule has 0 bridgehead atoms. The molecular weight excluding hydrogens is 192 g/mol. The zero-order valence-electron chi connectivity index (χ0n) is 6.21. The molecular formula is C7H11BrN2. The smallest absolute Gasteiger partial charge is 0.104 e. The van der Waals surface area contributed by atoms with Crippen molar-refractivity contribution < 1.29 is 0 Å². The summed E-state index contributed by atoms with van der Waals surface area (Å²) in [5, 5.41) is 4.13. The largest absolute Gasteiger partial charge is 0.258 e. The van der Waals surface area contributed by atoms with E-state index in [-0.39, 0.29) is 0 Å². The third kappa shape index (κ3) is 1.84. The van der Waals surface area contributed by atoms with Gasteiger partial charge in [-0.2, -0.15) is 5.10 Å². The fourth-order valence-electron chi connectivity index (χ4n) is 0.797. The van der Waals surface area contributed by atoms with E-state index in [1.807, 2.05) is 10.7 Å². The molecule has 0 aliphatic carbocycles. The Labute approximate surface area is 69.4 Å². The highest BCUT2D eigenvalue weighted by molar-refractivity contribution is 9.10.